The van der Waals surface area contributed by atoms with Gasteiger partial charge in [0.15, 0.2) is 11.5 Å². The average Bonchev–Trinajstić information content (AvgIpc) is 2.78. The number of halogens is 1. The minimum Gasteiger partial charge on any atom is -0.495 e. The molecule has 6 nitrogen and oxygen atoms in total. The number of carboxylic acid groups (broad SMARTS) is 1. The van der Waals surface area contributed by atoms with Crippen molar-refractivity contribution in [2.75, 3.05) is 19.0 Å². The van der Waals surface area contributed by atoms with Gasteiger partial charge in [-0.1, -0.05) is 46.3 Å². The number of methoxy groups -OCH3 is 1. The van der Waals surface area contributed by atoms with Gasteiger partial charge in [0.25, 0.3) is 0 Å². The van der Waals surface area contributed by atoms with E-state index in [0.29, 0.717) is 42.7 Å². The third kappa shape index (κ3) is 5.92. The van der Waals surface area contributed by atoms with Crippen molar-refractivity contribution >= 4 is 27.6 Å². The molecular weight excluding hydrogens is 462 g/mol. The van der Waals surface area contributed by atoms with Gasteiger partial charge in [0, 0.05) is 11.0 Å². The predicted molar refractivity (Wildman–Crippen MR) is 123 cm³/mol. The Morgan fingerprint density at radius 3 is 2.42 bits per heavy atom. The fraction of sp³-hybridized carbons (Fsp3) is 0.208. The zero-order valence-electron chi connectivity index (χ0n) is 17.4. The summed E-state index contributed by atoms with van der Waals surface area (Å²) in [5, 5.41) is 12.5. The van der Waals surface area contributed by atoms with Crippen LogP contribution in [0.2, 0.25) is 0 Å². The highest BCUT2D eigenvalue weighted by Gasteiger charge is 2.13. The van der Waals surface area contributed by atoms with Crippen molar-refractivity contribution in [2.45, 2.75) is 20.1 Å². The predicted octanol–water partition coefficient (Wildman–Crippen LogP) is 5.75. The minimum atomic E-state index is -0.995. The quantitative estimate of drug-likeness (QED) is 0.380. The molecule has 0 aromatic heterocycles. The van der Waals surface area contributed by atoms with Crippen molar-refractivity contribution in [2.24, 2.45) is 0 Å². The molecular formula is C24H24BrNO5. The van der Waals surface area contributed by atoms with Crippen LogP contribution in [0.5, 0.6) is 17.2 Å². The molecule has 0 heterocycles. The van der Waals surface area contributed by atoms with E-state index in [1.165, 1.54) is 6.07 Å². The van der Waals surface area contributed by atoms with Crippen LogP contribution in [0, 0.1) is 0 Å². The van der Waals surface area contributed by atoms with E-state index in [1.54, 1.807) is 19.2 Å². The van der Waals surface area contributed by atoms with E-state index in [-0.39, 0.29) is 5.56 Å². The van der Waals surface area contributed by atoms with Gasteiger partial charge in [0.2, 0.25) is 0 Å². The minimum absolute atomic E-state index is 0.182. The van der Waals surface area contributed by atoms with Crippen LogP contribution in [0.15, 0.2) is 65.1 Å². The zero-order valence-corrected chi connectivity index (χ0v) is 18.9. The fourth-order valence-corrected chi connectivity index (χ4v) is 3.46. The van der Waals surface area contributed by atoms with Crippen molar-refractivity contribution in [1.82, 2.24) is 0 Å². The van der Waals surface area contributed by atoms with Crippen LogP contribution in [0.25, 0.3) is 0 Å². The number of benzene rings is 3. The highest BCUT2D eigenvalue weighted by atomic mass is 79.9. The standard InChI is InChI=1S/C24H24BrNO5/c1-3-30-22-12-18(14-26-20-11-17(24(27)28)9-10-21(20)29-2)19(25)13-23(22)31-15-16-7-5-4-6-8-16/h4-13,26H,3,14-15H2,1-2H3,(H,27,28). The number of nitrogens with one attached hydrogen (secondary N) is 1. The zero-order chi connectivity index (χ0) is 22.2. The second kappa shape index (κ2) is 10.7. The lowest BCUT2D eigenvalue weighted by atomic mass is 10.1. The van der Waals surface area contributed by atoms with Crippen molar-refractivity contribution in [3.8, 4) is 17.2 Å². The van der Waals surface area contributed by atoms with Gasteiger partial charge in [-0.2, -0.15) is 0 Å². The van der Waals surface area contributed by atoms with Gasteiger partial charge in [0.1, 0.15) is 12.4 Å². The molecule has 0 aliphatic heterocycles. The van der Waals surface area contributed by atoms with Crippen LogP contribution in [0.1, 0.15) is 28.4 Å². The van der Waals surface area contributed by atoms with Crippen LogP contribution >= 0.6 is 15.9 Å². The second-order valence-corrected chi connectivity index (χ2v) is 7.53. The Morgan fingerprint density at radius 1 is 1.00 bits per heavy atom. The summed E-state index contributed by atoms with van der Waals surface area (Å²) in [6.45, 7) is 3.29. The second-order valence-electron chi connectivity index (χ2n) is 6.67. The van der Waals surface area contributed by atoms with E-state index in [2.05, 4.69) is 21.2 Å². The number of rotatable bonds is 10. The molecule has 3 aromatic carbocycles. The van der Waals surface area contributed by atoms with Crippen molar-refractivity contribution in [3.05, 3.63) is 81.8 Å². The number of hydrogen-bond donors (Lipinski definition) is 2. The Balaban J connectivity index is 1.79. The lowest BCUT2D eigenvalue weighted by molar-refractivity contribution is 0.0697. The van der Waals surface area contributed by atoms with Crippen LogP contribution in [-0.4, -0.2) is 24.8 Å². The largest absolute Gasteiger partial charge is 0.495 e. The SMILES string of the molecule is CCOc1cc(CNc2cc(C(=O)O)ccc2OC)c(Br)cc1OCc1ccccc1. The Hall–Kier alpha value is -3.19. The van der Waals surface area contributed by atoms with Gasteiger partial charge in [-0.3, -0.25) is 0 Å². The molecule has 0 bridgehead atoms. The molecule has 0 saturated carbocycles. The normalized spacial score (nSPS) is 10.4. The molecule has 0 unspecified atom stereocenters. The van der Waals surface area contributed by atoms with Gasteiger partial charge >= 0.3 is 5.97 Å². The lowest BCUT2D eigenvalue weighted by Gasteiger charge is -2.17. The maximum atomic E-state index is 11.3. The van der Waals surface area contributed by atoms with E-state index in [4.69, 9.17) is 14.2 Å². The fourth-order valence-electron chi connectivity index (χ4n) is 3.00. The van der Waals surface area contributed by atoms with Crippen LogP contribution in [-0.2, 0) is 13.2 Å². The van der Waals surface area contributed by atoms with Gasteiger partial charge in [-0.25, -0.2) is 4.79 Å². The molecule has 0 atom stereocenters. The molecule has 0 amide bonds. The van der Waals surface area contributed by atoms with E-state index in [1.807, 2.05) is 49.4 Å². The van der Waals surface area contributed by atoms with Gasteiger partial charge in [0.05, 0.1) is 25.0 Å². The Morgan fingerprint density at radius 2 is 1.74 bits per heavy atom. The number of hydrogen-bond acceptors (Lipinski definition) is 5. The first-order chi connectivity index (χ1) is 15.0. The lowest BCUT2D eigenvalue weighted by Crippen LogP contribution is -2.06. The molecule has 31 heavy (non-hydrogen) atoms. The van der Waals surface area contributed by atoms with Gasteiger partial charge in [-0.15, -0.1) is 0 Å². The van der Waals surface area contributed by atoms with E-state index in [9.17, 15) is 9.90 Å². The van der Waals surface area contributed by atoms with Gasteiger partial charge in [-0.05, 0) is 48.4 Å². The first kappa shape index (κ1) is 22.5. The Labute approximate surface area is 189 Å². The molecule has 0 radical (unpaired) electrons. The highest BCUT2D eigenvalue weighted by molar-refractivity contribution is 9.10. The summed E-state index contributed by atoms with van der Waals surface area (Å²) < 4.78 is 18.0. The van der Waals surface area contributed by atoms with E-state index >= 15 is 0 Å². The van der Waals surface area contributed by atoms with E-state index in [0.717, 1.165) is 15.6 Å². The van der Waals surface area contributed by atoms with Crippen molar-refractivity contribution in [1.29, 1.82) is 0 Å². The molecule has 0 saturated heterocycles. The molecule has 3 rings (SSSR count). The Kier molecular flexibility index (Phi) is 7.78. The maximum absolute atomic E-state index is 11.3. The summed E-state index contributed by atoms with van der Waals surface area (Å²) in [5.41, 5.74) is 2.77. The summed E-state index contributed by atoms with van der Waals surface area (Å²) in [4.78, 5) is 11.3. The molecule has 162 valence electrons. The molecule has 2 N–H and O–H groups in total. The summed E-state index contributed by atoms with van der Waals surface area (Å²) in [7, 11) is 1.54. The van der Waals surface area contributed by atoms with E-state index < -0.39 is 5.97 Å². The molecule has 0 aliphatic carbocycles. The average molecular weight is 486 g/mol. The molecule has 0 fully saturated rings. The number of carbonyl (C=O) groups is 1. The monoisotopic (exact) mass is 485 g/mol. The summed E-state index contributed by atoms with van der Waals surface area (Å²) in [6, 6.07) is 18.4. The third-order valence-corrected chi connectivity index (χ3v) is 5.30. The van der Waals surface area contributed by atoms with Gasteiger partial charge < -0.3 is 24.6 Å². The van der Waals surface area contributed by atoms with Crippen molar-refractivity contribution < 1.29 is 24.1 Å². The first-order valence-corrected chi connectivity index (χ1v) is 10.6. The maximum Gasteiger partial charge on any atom is 0.335 e. The van der Waals surface area contributed by atoms with Crippen LogP contribution in [0.3, 0.4) is 0 Å². The summed E-state index contributed by atoms with van der Waals surface area (Å²) in [5.74, 6) is 0.857. The smallest absolute Gasteiger partial charge is 0.335 e. The topological polar surface area (TPSA) is 77.0 Å². The molecule has 3 aromatic rings. The van der Waals surface area contributed by atoms with Crippen molar-refractivity contribution in [3.63, 3.8) is 0 Å². The first-order valence-electron chi connectivity index (χ1n) is 9.79. The van der Waals surface area contributed by atoms with Crippen LogP contribution < -0.4 is 19.5 Å². The number of carboxylic acids is 1. The third-order valence-electron chi connectivity index (χ3n) is 4.57. The molecule has 7 heteroatoms. The molecule has 0 spiro atoms. The molecule has 0 aliphatic rings. The Bertz CT molecular complexity index is 1040. The summed E-state index contributed by atoms with van der Waals surface area (Å²) in [6.07, 6.45) is 0. The number of anilines is 1. The number of aromatic carboxylic acids is 1. The number of ether oxygens (including phenoxy) is 3. The van der Waals surface area contributed by atoms with Crippen LogP contribution in [0.4, 0.5) is 5.69 Å². The highest BCUT2D eigenvalue weighted by Crippen LogP contribution is 2.35. The summed E-state index contributed by atoms with van der Waals surface area (Å²) >= 11 is 3.60.